The van der Waals surface area contributed by atoms with Crippen molar-refractivity contribution in [2.45, 2.75) is 6.42 Å². The maximum absolute atomic E-state index is 10.6. The van der Waals surface area contributed by atoms with E-state index < -0.39 is 4.92 Å². The van der Waals surface area contributed by atoms with Crippen LogP contribution in [0, 0.1) is 10.1 Å². The van der Waals surface area contributed by atoms with Crippen molar-refractivity contribution in [1.82, 2.24) is 0 Å². The molecule has 0 aliphatic heterocycles. The lowest BCUT2D eigenvalue weighted by Crippen LogP contribution is -1.99. The first-order valence-corrected chi connectivity index (χ1v) is 5.51. The normalized spacial score (nSPS) is 9.47. The molecule has 0 atom stereocenters. The fourth-order valence-electron chi connectivity index (χ4n) is 1.11. The van der Waals surface area contributed by atoms with Crippen molar-refractivity contribution in [1.29, 1.82) is 0 Å². The molecule has 0 amide bonds. The van der Waals surface area contributed by atoms with Gasteiger partial charge in [-0.15, -0.1) is 0 Å². The molecule has 1 rings (SSSR count). The molecule has 0 saturated carbocycles. The van der Waals surface area contributed by atoms with E-state index in [1.165, 1.54) is 12.1 Å². The number of hydrogen-bond acceptors (Lipinski definition) is 4. The minimum absolute atomic E-state index is 0.0376. The third-order valence-corrected chi connectivity index (χ3v) is 2.26. The lowest BCUT2D eigenvalue weighted by Gasteiger charge is -2.05. The van der Waals surface area contributed by atoms with Crippen LogP contribution in [0.1, 0.15) is 6.42 Å². The van der Waals surface area contributed by atoms with E-state index >= 15 is 0 Å². The van der Waals surface area contributed by atoms with E-state index in [1.807, 2.05) is 0 Å². The summed E-state index contributed by atoms with van der Waals surface area (Å²) in [5.41, 5.74) is 8.02. The van der Waals surface area contributed by atoms with Gasteiger partial charge in [0.25, 0.3) is 5.69 Å². The average molecular weight is 301 g/mol. The summed E-state index contributed by atoms with van der Waals surface area (Å²) >= 11 is 3.16. The first kappa shape index (κ1) is 13.3. The minimum Gasteiger partial charge on any atom is -0.493 e. The number of hydrogen-bond donors (Lipinski definition) is 0. The number of rotatable bonds is 6. The van der Waals surface area contributed by atoms with Crippen molar-refractivity contribution in [3.05, 3.63) is 43.2 Å². The molecule has 0 spiro atoms. The van der Waals surface area contributed by atoms with Gasteiger partial charge in [0, 0.05) is 22.0 Å². The summed E-state index contributed by atoms with van der Waals surface area (Å²) in [6.45, 7) is 0.680. The van der Waals surface area contributed by atoms with Gasteiger partial charge < -0.3 is 4.74 Å². The van der Waals surface area contributed by atoms with Gasteiger partial charge in [-0.05, 0) is 18.0 Å². The largest absolute Gasteiger partial charge is 0.493 e. The van der Waals surface area contributed by atoms with Gasteiger partial charge in [-0.3, -0.25) is 10.1 Å². The summed E-state index contributed by atoms with van der Waals surface area (Å²) < 4.78 is 5.89. The molecular weight excluding hydrogens is 292 g/mol. The number of nitro groups is 1. The third kappa shape index (κ3) is 4.71. The van der Waals surface area contributed by atoms with Crippen LogP contribution < -0.4 is 4.74 Å². The number of azide groups is 1. The summed E-state index contributed by atoms with van der Waals surface area (Å²) in [7, 11) is 0. The molecule has 0 bridgehead atoms. The number of nitro benzene ring substituents is 1. The summed E-state index contributed by atoms with van der Waals surface area (Å²) in [4.78, 5) is 12.7. The van der Waals surface area contributed by atoms with Gasteiger partial charge in [0.2, 0.25) is 0 Å². The van der Waals surface area contributed by atoms with Gasteiger partial charge in [-0.2, -0.15) is 0 Å². The third-order valence-electron chi connectivity index (χ3n) is 1.80. The van der Waals surface area contributed by atoms with E-state index in [4.69, 9.17) is 10.3 Å². The number of benzene rings is 1. The summed E-state index contributed by atoms with van der Waals surface area (Å²) in [6, 6.07) is 4.38. The monoisotopic (exact) mass is 300 g/mol. The minimum atomic E-state index is -0.488. The number of ether oxygens (including phenoxy) is 1. The predicted molar refractivity (Wildman–Crippen MR) is 64.9 cm³/mol. The molecule has 7 nitrogen and oxygen atoms in total. The molecule has 1 aromatic rings. The van der Waals surface area contributed by atoms with E-state index in [0.717, 1.165) is 0 Å². The summed E-state index contributed by atoms with van der Waals surface area (Å²) in [5.74, 6) is 0.409. The Labute approximate surface area is 105 Å². The van der Waals surface area contributed by atoms with Gasteiger partial charge in [0.1, 0.15) is 5.75 Å². The fraction of sp³-hybridized carbons (Fsp3) is 0.333. The smallest absolute Gasteiger partial charge is 0.274 e. The van der Waals surface area contributed by atoms with E-state index in [9.17, 15) is 10.1 Å². The van der Waals surface area contributed by atoms with Gasteiger partial charge in [-0.1, -0.05) is 21.0 Å². The fourth-order valence-corrected chi connectivity index (χ4v) is 1.57. The van der Waals surface area contributed by atoms with Crippen LogP contribution in [0.3, 0.4) is 0 Å². The van der Waals surface area contributed by atoms with E-state index in [2.05, 4.69) is 26.0 Å². The van der Waals surface area contributed by atoms with Crippen LogP contribution in [0.4, 0.5) is 5.69 Å². The molecule has 90 valence electrons. The Bertz CT molecular complexity index is 460. The van der Waals surface area contributed by atoms with Crippen molar-refractivity contribution >= 4 is 21.6 Å². The summed E-state index contributed by atoms with van der Waals surface area (Å²) in [5, 5.41) is 13.9. The van der Waals surface area contributed by atoms with E-state index in [0.29, 0.717) is 29.8 Å². The molecular formula is C9H9BrN4O3. The molecule has 0 unspecified atom stereocenters. The molecule has 0 radical (unpaired) electrons. The first-order valence-electron chi connectivity index (χ1n) is 4.72. The quantitative estimate of drug-likeness (QED) is 0.201. The highest BCUT2D eigenvalue weighted by atomic mass is 79.9. The lowest BCUT2D eigenvalue weighted by atomic mass is 10.3. The van der Waals surface area contributed by atoms with E-state index in [-0.39, 0.29) is 5.69 Å². The van der Waals surface area contributed by atoms with Crippen LogP contribution in [-0.2, 0) is 0 Å². The second-order valence-electron chi connectivity index (χ2n) is 3.06. The second kappa shape index (κ2) is 6.72. The average Bonchev–Trinajstić information content (AvgIpc) is 2.28. The molecule has 1 aromatic carbocycles. The number of nitrogens with zero attached hydrogens (tertiary/aromatic N) is 4. The van der Waals surface area contributed by atoms with Gasteiger partial charge in [0.15, 0.2) is 0 Å². The highest BCUT2D eigenvalue weighted by molar-refractivity contribution is 9.10. The molecule has 0 fully saturated rings. The number of halogens is 1. The zero-order valence-corrected chi connectivity index (χ0v) is 10.3. The summed E-state index contributed by atoms with van der Waals surface area (Å²) in [6.07, 6.45) is 0.560. The molecule has 0 aromatic heterocycles. The van der Waals surface area contributed by atoms with Gasteiger partial charge in [0.05, 0.1) is 17.6 Å². The van der Waals surface area contributed by atoms with Gasteiger partial charge in [-0.25, -0.2) is 0 Å². The van der Waals surface area contributed by atoms with Crippen molar-refractivity contribution in [3.8, 4) is 5.75 Å². The van der Waals surface area contributed by atoms with E-state index in [1.54, 1.807) is 6.07 Å². The lowest BCUT2D eigenvalue weighted by molar-refractivity contribution is -0.385. The standard InChI is InChI=1S/C9H9BrN4O3/c10-7-4-8(14(15)16)6-9(5-7)17-3-1-2-12-13-11/h4-6H,1-3H2. The highest BCUT2D eigenvalue weighted by Crippen LogP contribution is 2.26. The Morgan fingerprint density at radius 2 is 2.29 bits per heavy atom. The molecule has 0 aliphatic rings. The Morgan fingerprint density at radius 3 is 2.94 bits per heavy atom. The molecule has 0 N–H and O–H groups in total. The molecule has 0 heterocycles. The zero-order valence-electron chi connectivity index (χ0n) is 8.74. The second-order valence-corrected chi connectivity index (χ2v) is 3.97. The highest BCUT2D eigenvalue weighted by Gasteiger charge is 2.09. The number of non-ortho nitro benzene ring substituents is 1. The Hall–Kier alpha value is -1.79. The topological polar surface area (TPSA) is 101 Å². The van der Waals surface area contributed by atoms with Crippen LogP contribution in [0.25, 0.3) is 10.4 Å². The van der Waals surface area contributed by atoms with Crippen LogP contribution >= 0.6 is 15.9 Å². The Kier molecular flexibility index (Phi) is 5.25. The zero-order chi connectivity index (χ0) is 12.7. The molecule has 17 heavy (non-hydrogen) atoms. The molecule has 8 heteroatoms. The maximum atomic E-state index is 10.6. The van der Waals surface area contributed by atoms with Crippen molar-refractivity contribution in [3.63, 3.8) is 0 Å². The molecule has 0 saturated heterocycles. The Morgan fingerprint density at radius 1 is 1.53 bits per heavy atom. The van der Waals surface area contributed by atoms with Crippen molar-refractivity contribution in [2.24, 2.45) is 5.11 Å². The van der Waals surface area contributed by atoms with Crippen LogP contribution in [-0.4, -0.2) is 18.1 Å². The predicted octanol–water partition coefficient (Wildman–Crippen LogP) is 3.44. The van der Waals surface area contributed by atoms with Crippen LogP contribution in [0.5, 0.6) is 5.75 Å². The van der Waals surface area contributed by atoms with Crippen LogP contribution in [0.2, 0.25) is 0 Å². The van der Waals surface area contributed by atoms with Crippen molar-refractivity contribution < 1.29 is 9.66 Å². The van der Waals surface area contributed by atoms with Crippen molar-refractivity contribution in [2.75, 3.05) is 13.2 Å². The van der Waals surface area contributed by atoms with Gasteiger partial charge >= 0.3 is 0 Å². The first-order chi connectivity index (χ1) is 8.13. The maximum Gasteiger partial charge on any atom is 0.274 e. The molecule has 0 aliphatic carbocycles. The SMILES string of the molecule is [N-]=[N+]=NCCCOc1cc(Br)cc([N+](=O)[O-])c1. The Balaban J connectivity index is 2.58. The van der Waals surface area contributed by atoms with Crippen LogP contribution in [0.15, 0.2) is 27.8 Å².